The zero-order chi connectivity index (χ0) is 17.9. The molecule has 1 N–H and O–H groups in total. The Morgan fingerprint density at radius 1 is 1.08 bits per heavy atom. The number of anilines is 1. The first-order chi connectivity index (χ1) is 12.7. The lowest BCUT2D eigenvalue weighted by atomic mass is 10.0. The number of ketones is 1. The number of carbonyl (C=O) groups is 2. The van der Waals surface area contributed by atoms with Crippen LogP contribution in [0.25, 0.3) is 0 Å². The van der Waals surface area contributed by atoms with Crippen LogP contribution in [0.5, 0.6) is 0 Å². The number of nitrogens with one attached hydrogen (secondary N) is 1. The second kappa shape index (κ2) is 8.01. The van der Waals surface area contributed by atoms with Crippen LogP contribution in [0.1, 0.15) is 31.2 Å². The van der Waals surface area contributed by atoms with Gasteiger partial charge in [-0.2, -0.15) is 11.8 Å². The molecule has 3 aliphatic rings. The molecule has 2 unspecified atom stereocenters. The lowest BCUT2D eigenvalue weighted by Crippen LogP contribution is -2.48. The van der Waals surface area contributed by atoms with Crippen molar-refractivity contribution in [3.8, 4) is 0 Å². The van der Waals surface area contributed by atoms with Gasteiger partial charge in [0.25, 0.3) is 0 Å². The molecule has 3 fully saturated rings. The van der Waals surface area contributed by atoms with Crippen LogP contribution in [0, 0.1) is 0 Å². The SMILES string of the molecule is O=C1CC2CCC(C1)N2C(=O)Nc1ccc(CCN2CCSCC2)cc1. The predicted molar refractivity (Wildman–Crippen MR) is 106 cm³/mol. The molecule has 0 radical (unpaired) electrons. The fourth-order valence-corrected chi connectivity index (χ4v) is 5.34. The third-order valence-corrected chi connectivity index (χ3v) is 6.75. The standard InChI is InChI=1S/C20H27N3O2S/c24-19-13-17-5-6-18(14-19)23(17)20(25)21-16-3-1-15(2-4-16)7-8-22-9-11-26-12-10-22/h1-4,17-18H,5-14H2,(H,21,25). The second-order valence-corrected chi connectivity index (χ2v) is 8.80. The number of Topliss-reactive ketones (excluding diaryl/α,β-unsaturated/α-hetero) is 1. The zero-order valence-corrected chi connectivity index (χ0v) is 16.0. The first kappa shape index (κ1) is 17.9. The minimum Gasteiger partial charge on any atom is -0.318 e. The van der Waals surface area contributed by atoms with Gasteiger partial charge in [-0.3, -0.25) is 4.79 Å². The number of nitrogens with zero attached hydrogens (tertiary/aromatic N) is 2. The molecule has 0 aliphatic carbocycles. The summed E-state index contributed by atoms with van der Waals surface area (Å²) in [7, 11) is 0. The molecule has 0 saturated carbocycles. The van der Waals surface area contributed by atoms with Crippen molar-refractivity contribution < 1.29 is 9.59 Å². The van der Waals surface area contributed by atoms with Crippen LogP contribution in [0.3, 0.4) is 0 Å². The van der Waals surface area contributed by atoms with Gasteiger partial charge in [0.2, 0.25) is 0 Å². The van der Waals surface area contributed by atoms with E-state index in [1.807, 2.05) is 28.8 Å². The molecule has 2 amide bonds. The molecule has 1 aromatic rings. The molecule has 2 atom stereocenters. The Kier molecular flexibility index (Phi) is 5.50. The van der Waals surface area contributed by atoms with Gasteiger partial charge in [0.05, 0.1) is 0 Å². The Morgan fingerprint density at radius 3 is 2.38 bits per heavy atom. The maximum atomic E-state index is 12.6. The van der Waals surface area contributed by atoms with E-state index in [0.717, 1.165) is 31.5 Å². The van der Waals surface area contributed by atoms with E-state index < -0.39 is 0 Å². The zero-order valence-electron chi connectivity index (χ0n) is 15.2. The van der Waals surface area contributed by atoms with Crippen LogP contribution in [0.4, 0.5) is 10.5 Å². The topological polar surface area (TPSA) is 52.7 Å². The number of hydrogen-bond acceptors (Lipinski definition) is 4. The lowest BCUT2D eigenvalue weighted by molar-refractivity contribution is -0.122. The Balaban J connectivity index is 1.30. The largest absolute Gasteiger partial charge is 0.322 e. The van der Waals surface area contributed by atoms with Crippen molar-refractivity contribution in [1.82, 2.24) is 9.80 Å². The van der Waals surface area contributed by atoms with Crippen molar-refractivity contribution in [1.29, 1.82) is 0 Å². The third-order valence-electron chi connectivity index (χ3n) is 5.81. The lowest BCUT2D eigenvalue weighted by Gasteiger charge is -2.34. The number of amides is 2. The minimum atomic E-state index is -0.0523. The minimum absolute atomic E-state index is 0.0523. The maximum Gasteiger partial charge on any atom is 0.322 e. The van der Waals surface area contributed by atoms with Crippen LogP contribution < -0.4 is 5.32 Å². The molecule has 2 bridgehead atoms. The van der Waals surface area contributed by atoms with Gasteiger partial charge >= 0.3 is 6.03 Å². The number of carbonyl (C=O) groups excluding carboxylic acids is 2. The first-order valence-corrected chi connectivity index (χ1v) is 10.8. The summed E-state index contributed by atoms with van der Waals surface area (Å²) in [5, 5.41) is 3.02. The Bertz CT molecular complexity index is 642. The number of hydrogen-bond donors (Lipinski definition) is 1. The fourth-order valence-electron chi connectivity index (χ4n) is 4.36. The smallest absolute Gasteiger partial charge is 0.318 e. The number of fused-ring (bicyclic) bond motifs is 2. The van der Waals surface area contributed by atoms with Crippen molar-refractivity contribution in [2.75, 3.05) is 36.5 Å². The summed E-state index contributed by atoms with van der Waals surface area (Å²) in [6.45, 7) is 3.50. The summed E-state index contributed by atoms with van der Waals surface area (Å²) < 4.78 is 0. The average molecular weight is 374 g/mol. The molecular formula is C20H27N3O2S. The Labute approximate surface area is 159 Å². The highest BCUT2D eigenvalue weighted by molar-refractivity contribution is 7.99. The molecule has 6 heteroatoms. The van der Waals surface area contributed by atoms with Crippen molar-refractivity contribution in [3.63, 3.8) is 0 Å². The van der Waals surface area contributed by atoms with Gasteiger partial charge in [-0.15, -0.1) is 0 Å². The van der Waals surface area contributed by atoms with Crippen molar-refractivity contribution >= 4 is 29.3 Å². The molecule has 3 aliphatic heterocycles. The van der Waals surface area contributed by atoms with Crippen LogP contribution in [0.2, 0.25) is 0 Å². The molecule has 1 aromatic carbocycles. The molecule has 5 nitrogen and oxygen atoms in total. The van der Waals surface area contributed by atoms with E-state index >= 15 is 0 Å². The maximum absolute atomic E-state index is 12.6. The normalized spacial score (nSPS) is 26.2. The molecule has 26 heavy (non-hydrogen) atoms. The molecule has 4 rings (SSSR count). The molecule has 0 spiro atoms. The summed E-state index contributed by atoms with van der Waals surface area (Å²) in [6.07, 6.45) is 4.02. The quantitative estimate of drug-likeness (QED) is 0.882. The summed E-state index contributed by atoms with van der Waals surface area (Å²) >= 11 is 2.04. The number of rotatable bonds is 4. The Morgan fingerprint density at radius 2 is 1.73 bits per heavy atom. The van der Waals surface area contributed by atoms with Crippen molar-refractivity contribution in [2.45, 2.75) is 44.2 Å². The van der Waals surface area contributed by atoms with E-state index in [0.29, 0.717) is 18.6 Å². The van der Waals surface area contributed by atoms with Crippen LogP contribution >= 0.6 is 11.8 Å². The van der Waals surface area contributed by atoms with Crippen molar-refractivity contribution in [2.24, 2.45) is 0 Å². The van der Waals surface area contributed by atoms with Gasteiger partial charge in [0.15, 0.2) is 0 Å². The highest BCUT2D eigenvalue weighted by Crippen LogP contribution is 2.34. The number of benzene rings is 1. The molecule has 0 aromatic heterocycles. The summed E-state index contributed by atoms with van der Waals surface area (Å²) in [5.74, 6) is 2.79. The highest BCUT2D eigenvalue weighted by Gasteiger charge is 2.42. The Hall–Kier alpha value is -1.53. The number of piperidine rings is 1. The summed E-state index contributed by atoms with van der Waals surface area (Å²) in [5.41, 5.74) is 2.15. The second-order valence-electron chi connectivity index (χ2n) is 7.57. The molecule has 140 valence electrons. The van der Waals surface area contributed by atoms with Crippen LogP contribution in [-0.4, -0.2) is 64.8 Å². The summed E-state index contributed by atoms with van der Waals surface area (Å²) in [6, 6.07) is 8.37. The van der Waals surface area contributed by atoms with Gasteiger partial charge in [0.1, 0.15) is 5.78 Å². The molecule has 3 saturated heterocycles. The van der Waals surface area contributed by atoms with Crippen LogP contribution in [-0.2, 0) is 11.2 Å². The molecule has 3 heterocycles. The monoisotopic (exact) mass is 373 g/mol. The van der Waals surface area contributed by atoms with Gasteiger partial charge in [-0.25, -0.2) is 4.79 Å². The highest BCUT2D eigenvalue weighted by atomic mass is 32.2. The van der Waals surface area contributed by atoms with Gasteiger partial charge in [-0.1, -0.05) is 12.1 Å². The van der Waals surface area contributed by atoms with E-state index in [1.165, 1.54) is 30.2 Å². The van der Waals surface area contributed by atoms with E-state index in [-0.39, 0.29) is 18.1 Å². The number of thioether (sulfide) groups is 1. The van der Waals surface area contributed by atoms with E-state index in [2.05, 4.69) is 22.3 Å². The van der Waals surface area contributed by atoms with E-state index in [1.54, 1.807) is 0 Å². The van der Waals surface area contributed by atoms with E-state index in [9.17, 15) is 9.59 Å². The number of urea groups is 1. The first-order valence-electron chi connectivity index (χ1n) is 9.69. The van der Waals surface area contributed by atoms with Crippen molar-refractivity contribution in [3.05, 3.63) is 29.8 Å². The predicted octanol–water partition coefficient (Wildman–Crippen LogP) is 3.01. The molecular weight excluding hydrogens is 346 g/mol. The summed E-state index contributed by atoms with van der Waals surface area (Å²) in [4.78, 5) is 28.8. The third kappa shape index (κ3) is 4.07. The van der Waals surface area contributed by atoms with E-state index in [4.69, 9.17) is 0 Å². The van der Waals surface area contributed by atoms with Gasteiger partial charge in [-0.05, 0) is 37.0 Å². The average Bonchev–Trinajstić information content (AvgIpc) is 2.94. The van der Waals surface area contributed by atoms with Crippen LogP contribution in [0.15, 0.2) is 24.3 Å². The van der Waals surface area contributed by atoms with Gasteiger partial charge < -0.3 is 15.1 Å². The fraction of sp³-hybridized carbons (Fsp3) is 0.600. The van der Waals surface area contributed by atoms with Gasteiger partial charge in [0, 0.05) is 61.8 Å².